The molecule has 3 aromatic rings. The zero-order valence-corrected chi connectivity index (χ0v) is 19.2. The van der Waals surface area contributed by atoms with Crippen LogP contribution in [0.5, 0.6) is 0 Å². The van der Waals surface area contributed by atoms with Gasteiger partial charge in [0.05, 0.1) is 11.1 Å². The van der Waals surface area contributed by atoms with Gasteiger partial charge in [-0.1, -0.05) is 29.8 Å². The lowest BCUT2D eigenvalue weighted by Crippen LogP contribution is -2.34. The first-order chi connectivity index (χ1) is 15.3. The zero-order valence-electron chi connectivity index (χ0n) is 18.4. The molecular weight excluding hydrogens is 433 g/mol. The average Bonchev–Trinajstić information content (AvgIpc) is 2.79. The quantitative estimate of drug-likeness (QED) is 0.456. The lowest BCUT2D eigenvalue weighted by Gasteiger charge is -2.27. The highest BCUT2D eigenvalue weighted by Gasteiger charge is 2.21. The summed E-state index contributed by atoms with van der Waals surface area (Å²) < 4.78 is 20.5. The van der Waals surface area contributed by atoms with E-state index in [0.29, 0.717) is 37.3 Å². The third kappa shape index (κ3) is 5.29. The van der Waals surface area contributed by atoms with Gasteiger partial charge in [-0.3, -0.25) is 4.79 Å². The van der Waals surface area contributed by atoms with E-state index < -0.39 is 5.82 Å². The number of carbonyl (C=O) groups excluding carboxylic acids is 1. The maximum Gasteiger partial charge on any atom is 0.322 e. The number of halogens is 2. The maximum absolute atomic E-state index is 13.4. The zero-order chi connectivity index (χ0) is 23.3. The fourth-order valence-corrected chi connectivity index (χ4v) is 3.70. The minimum absolute atomic E-state index is 0.0661. The number of rotatable bonds is 8. The second-order valence-corrected chi connectivity index (χ2v) is 7.93. The van der Waals surface area contributed by atoms with E-state index in [9.17, 15) is 14.0 Å². The van der Waals surface area contributed by atoms with Crippen molar-refractivity contribution in [2.24, 2.45) is 0 Å². The Bertz CT molecular complexity index is 1160. The Morgan fingerprint density at radius 3 is 2.66 bits per heavy atom. The first-order valence-electron chi connectivity index (χ1n) is 10.5. The number of amides is 2. The number of carbonyl (C=O) groups is 1. The molecule has 0 bridgehead atoms. The van der Waals surface area contributed by atoms with Crippen LogP contribution in [0.1, 0.15) is 31.9 Å². The Balaban J connectivity index is 1.88. The van der Waals surface area contributed by atoms with Crippen molar-refractivity contribution in [1.29, 1.82) is 0 Å². The molecule has 1 aromatic heterocycles. The van der Waals surface area contributed by atoms with E-state index in [1.165, 1.54) is 23.1 Å². The van der Waals surface area contributed by atoms with Crippen LogP contribution in [0.15, 0.2) is 53.5 Å². The first-order valence-corrected chi connectivity index (χ1v) is 10.9. The van der Waals surface area contributed by atoms with Gasteiger partial charge in [0.2, 0.25) is 0 Å². The molecule has 1 heterocycles. The number of anilines is 1. The Labute approximate surface area is 191 Å². The molecule has 0 saturated heterocycles. The van der Waals surface area contributed by atoms with Crippen LogP contribution in [0.3, 0.4) is 0 Å². The summed E-state index contributed by atoms with van der Waals surface area (Å²) in [6, 6.07) is 10.7. The van der Waals surface area contributed by atoms with E-state index in [2.05, 4.69) is 5.32 Å². The summed E-state index contributed by atoms with van der Waals surface area (Å²) in [5, 5.41) is 4.07. The number of ether oxygens (including phenoxy) is 1. The number of benzene rings is 2. The Hall–Kier alpha value is -2.90. The minimum Gasteiger partial charge on any atom is -0.382 e. The summed E-state index contributed by atoms with van der Waals surface area (Å²) in [7, 11) is 1.67. The molecule has 0 aliphatic carbocycles. The van der Waals surface area contributed by atoms with Crippen LogP contribution in [-0.2, 0) is 11.3 Å². The number of hydrogen-bond donors (Lipinski definition) is 1. The molecule has 0 aliphatic rings. The molecule has 8 heteroatoms. The predicted molar refractivity (Wildman–Crippen MR) is 126 cm³/mol. The van der Waals surface area contributed by atoms with Crippen molar-refractivity contribution in [3.05, 3.63) is 75.4 Å². The standard InChI is InChI=1S/C24H27ClFN3O3/c1-4-32-13-7-12-29-15-20(18-8-5-6-9-19(18)23(29)30)16(2)28(3)24(31)27-17-10-11-22(26)21(25)14-17/h5-6,8-11,14-16H,4,7,12-13H2,1-3H3,(H,27,31). The van der Waals surface area contributed by atoms with Crippen molar-refractivity contribution in [3.63, 3.8) is 0 Å². The Kier molecular flexibility index (Phi) is 7.88. The average molecular weight is 460 g/mol. The fourth-order valence-electron chi connectivity index (χ4n) is 3.52. The molecule has 6 nitrogen and oxygen atoms in total. The number of aromatic nitrogens is 1. The summed E-state index contributed by atoms with van der Waals surface area (Å²) in [6.45, 7) is 5.56. The van der Waals surface area contributed by atoms with Gasteiger partial charge in [0, 0.05) is 44.1 Å². The molecule has 2 aromatic carbocycles. The lowest BCUT2D eigenvalue weighted by molar-refractivity contribution is 0.141. The van der Waals surface area contributed by atoms with Crippen LogP contribution in [0, 0.1) is 5.82 Å². The highest BCUT2D eigenvalue weighted by molar-refractivity contribution is 6.31. The SMILES string of the molecule is CCOCCCn1cc(C(C)N(C)C(=O)Nc2ccc(F)c(Cl)c2)c2ccccc2c1=O. The topological polar surface area (TPSA) is 63.6 Å². The van der Waals surface area contributed by atoms with Crippen LogP contribution >= 0.6 is 11.6 Å². The van der Waals surface area contributed by atoms with Gasteiger partial charge >= 0.3 is 6.03 Å². The summed E-state index contributed by atoms with van der Waals surface area (Å²) in [5.41, 5.74) is 1.18. The molecule has 0 aliphatic heterocycles. The van der Waals surface area contributed by atoms with Gasteiger partial charge in [-0.15, -0.1) is 0 Å². The summed E-state index contributed by atoms with van der Waals surface area (Å²) in [6.07, 6.45) is 2.53. The van der Waals surface area contributed by atoms with Crippen molar-refractivity contribution in [3.8, 4) is 0 Å². The second kappa shape index (κ2) is 10.6. The van der Waals surface area contributed by atoms with Gasteiger partial charge in [0.1, 0.15) is 5.82 Å². The molecule has 0 saturated carbocycles. The molecule has 0 spiro atoms. The number of urea groups is 1. The van der Waals surface area contributed by atoms with E-state index in [1.807, 2.05) is 38.2 Å². The number of aryl methyl sites for hydroxylation is 1. The monoisotopic (exact) mass is 459 g/mol. The normalized spacial score (nSPS) is 12.0. The number of nitrogens with one attached hydrogen (secondary N) is 1. The van der Waals surface area contributed by atoms with E-state index in [0.717, 1.165) is 10.9 Å². The fraction of sp³-hybridized carbons (Fsp3) is 0.333. The van der Waals surface area contributed by atoms with Gasteiger partial charge in [0.15, 0.2) is 0 Å². The molecule has 2 amide bonds. The number of pyridine rings is 1. The Morgan fingerprint density at radius 1 is 1.25 bits per heavy atom. The number of nitrogens with zero attached hydrogens (tertiary/aromatic N) is 2. The molecule has 1 atom stereocenters. The van der Waals surface area contributed by atoms with Crippen LogP contribution < -0.4 is 10.9 Å². The van der Waals surface area contributed by atoms with Crippen LogP contribution in [0.4, 0.5) is 14.9 Å². The molecule has 1 N–H and O–H groups in total. The minimum atomic E-state index is -0.551. The van der Waals surface area contributed by atoms with Gasteiger partial charge < -0.3 is 19.5 Å². The summed E-state index contributed by atoms with van der Waals surface area (Å²) >= 11 is 5.81. The van der Waals surface area contributed by atoms with Gasteiger partial charge in [-0.2, -0.15) is 0 Å². The van der Waals surface area contributed by atoms with E-state index >= 15 is 0 Å². The lowest BCUT2D eigenvalue weighted by atomic mass is 10.0. The molecule has 32 heavy (non-hydrogen) atoms. The molecule has 3 rings (SSSR count). The van der Waals surface area contributed by atoms with E-state index in [-0.39, 0.29) is 22.7 Å². The highest BCUT2D eigenvalue weighted by atomic mass is 35.5. The van der Waals surface area contributed by atoms with Crippen LogP contribution in [0.2, 0.25) is 5.02 Å². The van der Waals surface area contributed by atoms with Crippen LogP contribution in [0.25, 0.3) is 10.8 Å². The van der Waals surface area contributed by atoms with E-state index in [1.54, 1.807) is 17.7 Å². The maximum atomic E-state index is 13.4. The van der Waals surface area contributed by atoms with Gasteiger partial charge in [-0.05, 0) is 55.5 Å². The summed E-state index contributed by atoms with van der Waals surface area (Å²) in [4.78, 5) is 27.3. The molecule has 170 valence electrons. The van der Waals surface area contributed by atoms with Crippen LogP contribution in [-0.4, -0.2) is 35.8 Å². The van der Waals surface area contributed by atoms with Crippen molar-refractivity contribution in [2.45, 2.75) is 32.9 Å². The first kappa shape index (κ1) is 23.8. The molecular formula is C24H27ClFN3O3. The summed E-state index contributed by atoms with van der Waals surface area (Å²) in [5.74, 6) is -0.551. The van der Waals surface area contributed by atoms with Gasteiger partial charge in [0.25, 0.3) is 5.56 Å². The third-order valence-electron chi connectivity index (χ3n) is 5.44. The second-order valence-electron chi connectivity index (χ2n) is 7.52. The van der Waals surface area contributed by atoms with Gasteiger partial charge in [-0.25, -0.2) is 9.18 Å². The molecule has 1 unspecified atom stereocenters. The van der Waals surface area contributed by atoms with Crippen molar-refractivity contribution >= 4 is 34.1 Å². The molecule has 0 fully saturated rings. The van der Waals surface area contributed by atoms with Crippen molar-refractivity contribution in [2.75, 3.05) is 25.6 Å². The predicted octanol–water partition coefficient (Wildman–Crippen LogP) is 5.45. The number of hydrogen-bond acceptors (Lipinski definition) is 3. The third-order valence-corrected chi connectivity index (χ3v) is 5.73. The highest BCUT2D eigenvalue weighted by Crippen LogP contribution is 2.27. The Morgan fingerprint density at radius 2 is 1.97 bits per heavy atom. The van der Waals surface area contributed by atoms with E-state index in [4.69, 9.17) is 16.3 Å². The number of fused-ring (bicyclic) bond motifs is 1. The van der Waals surface area contributed by atoms with Crippen molar-refractivity contribution in [1.82, 2.24) is 9.47 Å². The molecule has 0 radical (unpaired) electrons. The largest absolute Gasteiger partial charge is 0.382 e. The smallest absolute Gasteiger partial charge is 0.322 e. The van der Waals surface area contributed by atoms with Crippen molar-refractivity contribution < 1.29 is 13.9 Å².